The van der Waals surface area contributed by atoms with Crippen LogP contribution in [0.25, 0.3) is 5.57 Å². The number of fused-ring (bicyclic) bond motifs is 1. The molecular formula is C24H24F3N5O3. The van der Waals surface area contributed by atoms with Gasteiger partial charge in [0.25, 0.3) is 5.91 Å². The molecule has 1 aliphatic heterocycles. The third kappa shape index (κ3) is 4.93. The first-order valence-corrected chi connectivity index (χ1v) is 11.1. The molecule has 8 nitrogen and oxygen atoms in total. The van der Waals surface area contributed by atoms with Gasteiger partial charge in [0.05, 0.1) is 35.4 Å². The zero-order valence-electron chi connectivity index (χ0n) is 19.1. The van der Waals surface area contributed by atoms with Gasteiger partial charge in [0.1, 0.15) is 5.69 Å². The van der Waals surface area contributed by atoms with Gasteiger partial charge in [-0.25, -0.2) is 0 Å². The molecule has 35 heavy (non-hydrogen) atoms. The predicted octanol–water partition coefficient (Wildman–Crippen LogP) is 3.15. The molecule has 0 spiro atoms. The lowest BCUT2D eigenvalue weighted by Crippen LogP contribution is -2.41. The Kier molecular flexibility index (Phi) is 6.42. The molecule has 0 saturated heterocycles. The zero-order valence-corrected chi connectivity index (χ0v) is 19.1. The molecule has 2 heterocycles. The Bertz CT molecular complexity index is 1230. The van der Waals surface area contributed by atoms with Gasteiger partial charge in [-0.1, -0.05) is 12.1 Å². The summed E-state index contributed by atoms with van der Waals surface area (Å²) in [5.41, 5.74) is 1.82. The smallest absolute Gasteiger partial charge is 0.388 e. The van der Waals surface area contributed by atoms with Crippen LogP contribution in [0.15, 0.2) is 36.0 Å². The number of hydrogen-bond acceptors (Lipinski definition) is 5. The molecule has 184 valence electrons. The number of hydrogen-bond donors (Lipinski definition) is 2. The molecule has 2 aliphatic rings. The second-order valence-electron chi connectivity index (χ2n) is 8.97. The van der Waals surface area contributed by atoms with E-state index in [1.165, 1.54) is 17.7 Å². The Morgan fingerprint density at radius 2 is 2.00 bits per heavy atom. The first-order chi connectivity index (χ1) is 16.5. The number of aliphatic hydroxyl groups excluding tert-OH is 1. The fraction of sp³-hybridized carbons (Fsp3) is 0.417. The maximum Gasteiger partial charge on any atom is 0.392 e. The third-order valence-corrected chi connectivity index (χ3v) is 6.28. The Hall–Kier alpha value is -3.65. The van der Waals surface area contributed by atoms with Crippen molar-refractivity contribution in [2.45, 2.75) is 51.6 Å². The van der Waals surface area contributed by atoms with Gasteiger partial charge in [-0.05, 0) is 43.5 Å². The summed E-state index contributed by atoms with van der Waals surface area (Å²) in [7, 11) is 0. The Labute approximate surface area is 199 Å². The molecule has 2 aromatic rings. The molecule has 2 amide bonds. The number of halogens is 3. The molecule has 0 fully saturated rings. The second kappa shape index (κ2) is 9.19. The van der Waals surface area contributed by atoms with Gasteiger partial charge in [0.2, 0.25) is 5.91 Å². The topological polar surface area (TPSA) is 111 Å². The van der Waals surface area contributed by atoms with Crippen molar-refractivity contribution in [3.8, 4) is 6.07 Å². The summed E-state index contributed by atoms with van der Waals surface area (Å²) in [6, 6.07) is 10.2. The van der Waals surface area contributed by atoms with E-state index in [2.05, 4.69) is 10.4 Å². The van der Waals surface area contributed by atoms with E-state index in [1.54, 1.807) is 29.2 Å². The minimum atomic E-state index is -4.53. The number of nitrogens with one attached hydrogen (secondary N) is 1. The highest BCUT2D eigenvalue weighted by Gasteiger charge is 2.45. The first kappa shape index (κ1) is 24.5. The van der Waals surface area contributed by atoms with Crippen LogP contribution in [0.1, 0.15) is 60.0 Å². The van der Waals surface area contributed by atoms with Crippen molar-refractivity contribution < 1.29 is 27.9 Å². The summed E-state index contributed by atoms with van der Waals surface area (Å²) < 4.78 is 41.6. The number of benzene rings is 1. The molecule has 2 unspecified atom stereocenters. The van der Waals surface area contributed by atoms with Gasteiger partial charge in [-0.15, -0.1) is 0 Å². The third-order valence-electron chi connectivity index (χ3n) is 6.28. The van der Waals surface area contributed by atoms with Crippen LogP contribution in [0, 0.1) is 17.2 Å². The quantitative estimate of drug-likeness (QED) is 0.688. The predicted molar refractivity (Wildman–Crippen MR) is 118 cm³/mol. The van der Waals surface area contributed by atoms with E-state index in [0.29, 0.717) is 18.7 Å². The minimum absolute atomic E-state index is 0.0384. The minimum Gasteiger partial charge on any atom is -0.388 e. The molecule has 11 heteroatoms. The largest absolute Gasteiger partial charge is 0.392 e. The molecule has 2 N–H and O–H groups in total. The summed E-state index contributed by atoms with van der Waals surface area (Å²) in [4.78, 5) is 26.6. The van der Waals surface area contributed by atoms with Crippen LogP contribution in [0.5, 0.6) is 0 Å². The fourth-order valence-corrected chi connectivity index (χ4v) is 4.64. The number of allylic oxidation sites excluding steroid dienone is 1. The van der Waals surface area contributed by atoms with Crippen molar-refractivity contribution in [2.24, 2.45) is 5.92 Å². The second-order valence-corrected chi connectivity index (χ2v) is 8.97. The van der Waals surface area contributed by atoms with E-state index in [1.807, 2.05) is 13.0 Å². The Morgan fingerprint density at radius 3 is 2.60 bits per heavy atom. The highest BCUT2D eigenvalue weighted by Crippen LogP contribution is 2.42. The fourth-order valence-electron chi connectivity index (χ4n) is 4.64. The van der Waals surface area contributed by atoms with Crippen LogP contribution in [-0.2, 0) is 11.3 Å². The first-order valence-electron chi connectivity index (χ1n) is 11.1. The highest BCUT2D eigenvalue weighted by molar-refractivity contribution is 5.94. The molecule has 0 radical (unpaired) electrons. The molecule has 0 saturated carbocycles. The lowest BCUT2D eigenvalue weighted by Gasteiger charge is -2.32. The maximum absolute atomic E-state index is 13.4. The average molecular weight is 487 g/mol. The summed E-state index contributed by atoms with van der Waals surface area (Å²) in [5.74, 6) is -2.68. The van der Waals surface area contributed by atoms with Gasteiger partial charge < -0.3 is 15.3 Å². The molecule has 1 aromatic carbocycles. The molecule has 4 rings (SSSR count). The van der Waals surface area contributed by atoms with E-state index >= 15 is 0 Å². The van der Waals surface area contributed by atoms with Crippen LogP contribution >= 0.6 is 0 Å². The van der Waals surface area contributed by atoms with Crippen molar-refractivity contribution in [3.05, 3.63) is 58.5 Å². The normalized spacial score (nSPS) is 22.6. The lowest BCUT2D eigenvalue weighted by molar-refractivity contribution is -0.181. The number of nitrogens with zero attached hydrogens (tertiary/aromatic N) is 4. The van der Waals surface area contributed by atoms with Gasteiger partial charge >= 0.3 is 6.18 Å². The van der Waals surface area contributed by atoms with Crippen molar-refractivity contribution in [2.75, 3.05) is 6.54 Å². The number of alkyl halides is 3. The van der Waals surface area contributed by atoms with E-state index in [0.717, 1.165) is 5.56 Å². The summed E-state index contributed by atoms with van der Waals surface area (Å²) in [5, 5.41) is 26.5. The SMILES string of the molecule is CC(=O)NC1=C(c2cc3n(n2)[C@@H](C)CN(Cc2ccc(C#N)cc2)C3=O)C(O)CC(C(F)(F)F)C1. The van der Waals surface area contributed by atoms with Gasteiger partial charge in [0.15, 0.2) is 0 Å². The molecule has 1 aliphatic carbocycles. The number of nitriles is 1. The van der Waals surface area contributed by atoms with Crippen molar-refractivity contribution in [3.63, 3.8) is 0 Å². The number of aromatic nitrogens is 2. The summed E-state index contributed by atoms with van der Waals surface area (Å²) >= 11 is 0. The monoisotopic (exact) mass is 487 g/mol. The van der Waals surface area contributed by atoms with Crippen LogP contribution in [0.2, 0.25) is 0 Å². The van der Waals surface area contributed by atoms with Crippen molar-refractivity contribution in [1.29, 1.82) is 5.26 Å². The van der Waals surface area contributed by atoms with Crippen LogP contribution in [0.4, 0.5) is 13.2 Å². The maximum atomic E-state index is 13.4. The summed E-state index contributed by atoms with van der Waals surface area (Å²) in [6.45, 7) is 3.70. The van der Waals surface area contributed by atoms with E-state index in [4.69, 9.17) is 5.26 Å². The van der Waals surface area contributed by atoms with E-state index in [9.17, 15) is 27.9 Å². The average Bonchev–Trinajstić information content (AvgIpc) is 3.22. The van der Waals surface area contributed by atoms with Gasteiger partial charge in [-0.2, -0.15) is 23.5 Å². The van der Waals surface area contributed by atoms with Gasteiger partial charge in [0, 0.05) is 31.3 Å². The molecular weight excluding hydrogens is 463 g/mol. The number of carbonyl (C=O) groups is 2. The zero-order chi connectivity index (χ0) is 25.5. The molecule has 1 aromatic heterocycles. The van der Waals surface area contributed by atoms with Gasteiger partial charge in [-0.3, -0.25) is 14.3 Å². The van der Waals surface area contributed by atoms with E-state index in [-0.39, 0.29) is 34.6 Å². The number of amides is 2. The van der Waals surface area contributed by atoms with E-state index < -0.39 is 36.9 Å². The Balaban J connectivity index is 1.67. The number of carbonyl (C=O) groups excluding carboxylic acids is 2. The standard InChI is InChI=1S/C24H24F3N5O3/c1-13-11-31(12-16-5-3-15(10-28)4-6-16)23(35)20-9-19(30-32(13)20)22-18(29-14(2)33)7-17(8-21(22)34)24(25,26)27/h3-6,9,13,17,21,34H,7-8,11-12H2,1-2H3,(H,29,33)/t13-,17?,21?/m0/s1. The lowest BCUT2D eigenvalue weighted by atomic mass is 9.83. The van der Waals surface area contributed by atoms with Crippen molar-refractivity contribution >= 4 is 17.4 Å². The van der Waals surface area contributed by atoms with Crippen LogP contribution in [-0.4, -0.2) is 50.4 Å². The summed E-state index contributed by atoms with van der Waals surface area (Å²) in [6.07, 6.45) is -7.08. The number of aliphatic hydroxyl groups is 1. The number of rotatable bonds is 4. The highest BCUT2D eigenvalue weighted by atomic mass is 19.4. The molecule has 3 atom stereocenters. The molecule has 0 bridgehead atoms. The van der Waals surface area contributed by atoms with Crippen LogP contribution in [0.3, 0.4) is 0 Å². The van der Waals surface area contributed by atoms with Crippen molar-refractivity contribution in [1.82, 2.24) is 20.0 Å². The van der Waals surface area contributed by atoms with Crippen LogP contribution < -0.4 is 5.32 Å². The Morgan fingerprint density at radius 1 is 1.31 bits per heavy atom.